The Labute approximate surface area is 141 Å². The summed E-state index contributed by atoms with van der Waals surface area (Å²) in [5.74, 6) is 0.785. The molecule has 25 heavy (non-hydrogen) atoms. The van der Waals surface area contributed by atoms with Gasteiger partial charge in [0.2, 0.25) is 0 Å². The molecule has 4 rings (SSSR count). The van der Waals surface area contributed by atoms with E-state index in [0.29, 0.717) is 17.3 Å². The molecular formula is C18H13FN4O2. The largest absolute Gasteiger partial charge is 0.487 e. The average Bonchev–Trinajstić information content (AvgIpc) is 3.06. The first kappa shape index (κ1) is 15.1. The zero-order chi connectivity index (χ0) is 17.2. The second-order valence-corrected chi connectivity index (χ2v) is 5.41. The number of nitrogens with one attached hydrogen (secondary N) is 1. The molecule has 0 spiro atoms. The van der Waals surface area contributed by atoms with Crippen LogP contribution >= 0.6 is 0 Å². The van der Waals surface area contributed by atoms with Gasteiger partial charge in [-0.1, -0.05) is 36.4 Å². The third kappa shape index (κ3) is 3.12. The van der Waals surface area contributed by atoms with Crippen LogP contribution < -0.4 is 10.3 Å². The van der Waals surface area contributed by atoms with Crippen LogP contribution in [-0.2, 0) is 6.61 Å². The lowest BCUT2D eigenvalue weighted by Gasteiger charge is -2.05. The molecule has 0 fully saturated rings. The van der Waals surface area contributed by atoms with E-state index < -0.39 is 0 Å². The first-order valence-corrected chi connectivity index (χ1v) is 7.61. The van der Waals surface area contributed by atoms with Gasteiger partial charge in [0, 0.05) is 17.7 Å². The predicted molar refractivity (Wildman–Crippen MR) is 89.8 cm³/mol. The molecular weight excluding hydrogens is 323 g/mol. The number of halogens is 1. The minimum atomic E-state index is -0.388. The number of aromatic nitrogens is 4. The molecule has 4 aromatic rings. The Morgan fingerprint density at radius 1 is 1.04 bits per heavy atom. The zero-order valence-corrected chi connectivity index (χ0v) is 13.0. The molecule has 0 aliphatic rings. The summed E-state index contributed by atoms with van der Waals surface area (Å²) < 4.78 is 19.9. The zero-order valence-electron chi connectivity index (χ0n) is 13.0. The summed E-state index contributed by atoms with van der Waals surface area (Å²) in [4.78, 5) is 20.9. The van der Waals surface area contributed by atoms with Crippen molar-refractivity contribution in [3.05, 3.63) is 82.5 Å². The Bertz CT molecular complexity index is 1090. The molecule has 1 N–H and O–H groups in total. The molecule has 0 unspecified atom stereocenters. The van der Waals surface area contributed by atoms with E-state index in [9.17, 15) is 9.18 Å². The second-order valence-electron chi connectivity index (χ2n) is 5.41. The molecule has 0 bridgehead atoms. The highest BCUT2D eigenvalue weighted by molar-refractivity contribution is 5.56. The van der Waals surface area contributed by atoms with Crippen LogP contribution in [0, 0.1) is 5.82 Å². The fraction of sp³-hybridized carbons (Fsp3) is 0.0556. The SMILES string of the molecule is O=c1cc(COc2cccc(F)c2)nc2nc(-c3ccccc3)[nH]n12. The van der Waals surface area contributed by atoms with Gasteiger partial charge in [0.15, 0.2) is 5.82 Å². The van der Waals surface area contributed by atoms with E-state index in [2.05, 4.69) is 15.1 Å². The number of H-pyrrole nitrogens is 1. The second kappa shape index (κ2) is 6.20. The lowest BCUT2D eigenvalue weighted by Crippen LogP contribution is -2.16. The summed E-state index contributed by atoms with van der Waals surface area (Å²) in [7, 11) is 0. The highest BCUT2D eigenvalue weighted by Crippen LogP contribution is 2.15. The van der Waals surface area contributed by atoms with Crippen LogP contribution in [0.5, 0.6) is 5.75 Å². The third-order valence-corrected chi connectivity index (χ3v) is 3.61. The van der Waals surface area contributed by atoms with Gasteiger partial charge in [-0.3, -0.25) is 9.89 Å². The number of hydrogen-bond donors (Lipinski definition) is 1. The Morgan fingerprint density at radius 2 is 1.88 bits per heavy atom. The third-order valence-electron chi connectivity index (χ3n) is 3.61. The van der Waals surface area contributed by atoms with Gasteiger partial charge in [-0.05, 0) is 12.1 Å². The summed E-state index contributed by atoms with van der Waals surface area (Å²) in [5.41, 5.74) is 0.975. The van der Waals surface area contributed by atoms with E-state index in [1.807, 2.05) is 30.3 Å². The lowest BCUT2D eigenvalue weighted by atomic mass is 10.2. The molecule has 2 aromatic heterocycles. The van der Waals surface area contributed by atoms with Crippen molar-refractivity contribution in [2.24, 2.45) is 0 Å². The van der Waals surface area contributed by atoms with Crippen LogP contribution in [0.25, 0.3) is 17.2 Å². The average molecular weight is 336 g/mol. The van der Waals surface area contributed by atoms with E-state index in [1.165, 1.54) is 22.7 Å². The minimum Gasteiger partial charge on any atom is -0.487 e. The predicted octanol–water partition coefficient (Wildman–Crippen LogP) is 2.80. The Balaban J connectivity index is 1.64. The monoisotopic (exact) mass is 336 g/mol. The number of benzene rings is 2. The van der Waals surface area contributed by atoms with Gasteiger partial charge in [0.1, 0.15) is 18.2 Å². The van der Waals surface area contributed by atoms with Crippen molar-refractivity contribution in [1.29, 1.82) is 0 Å². The summed E-state index contributed by atoms with van der Waals surface area (Å²) >= 11 is 0. The number of nitrogens with zero attached hydrogens (tertiary/aromatic N) is 3. The van der Waals surface area contributed by atoms with Crippen molar-refractivity contribution in [2.45, 2.75) is 6.61 Å². The molecule has 0 radical (unpaired) electrons. The molecule has 0 saturated carbocycles. The summed E-state index contributed by atoms with van der Waals surface area (Å²) in [6, 6.07) is 16.6. The molecule has 0 amide bonds. The number of ether oxygens (including phenoxy) is 1. The van der Waals surface area contributed by atoms with E-state index >= 15 is 0 Å². The number of fused-ring (bicyclic) bond motifs is 1. The number of hydrogen-bond acceptors (Lipinski definition) is 4. The molecule has 2 heterocycles. The Kier molecular flexibility index (Phi) is 3.74. The van der Waals surface area contributed by atoms with Gasteiger partial charge >= 0.3 is 0 Å². The normalized spacial score (nSPS) is 10.9. The molecule has 0 saturated heterocycles. The van der Waals surface area contributed by atoms with Crippen molar-refractivity contribution in [3.8, 4) is 17.1 Å². The maximum atomic E-state index is 13.2. The molecule has 2 aromatic carbocycles. The molecule has 6 nitrogen and oxygen atoms in total. The fourth-order valence-electron chi connectivity index (χ4n) is 2.44. The van der Waals surface area contributed by atoms with Crippen molar-refractivity contribution in [2.75, 3.05) is 0 Å². The van der Waals surface area contributed by atoms with Crippen LogP contribution in [0.15, 0.2) is 65.5 Å². The molecule has 7 heteroatoms. The van der Waals surface area contributed by atoms with E-state index in [-0.39, 0.29) is 23.8 Å². The van der Waals surface area contributed by atoms with Gasteiger partial charge in [-0.25, -0.2) is 9.37 Å². The van der Waals surface area contributed by atoms with E-state index in [4.69, 9.17) is 4.74 Å². The van der Waals surface area contributed by atoms with Gasteiger partial charge in [0.05, 0.1) is 5.69 Å². The first-order chi connectivity index (χ1) is 12.2. The van der Waals surface area contributed by atoms with Crippen molar-refractivity contribution in [1.82, 2.24) is 19.6 Å². The van der Waals surface area contributed by atoms with E-state index in [1.54, 1.807) is 12.1 Å². The molecule has 124 valence electrons. The van der Waals surface area contributed by atoms with E-state index in [0.717, 1.165) is 5.56 Å². The quantitative estimate of drug-likeness (QED) is 0.622. The number of aromatic amines is 1. The smallest absolute Gasteiger partial charge is 0.274 e. The van der Waals surface area contributed by atoms with Crippen LogP contribution in [-0.4, -0.2) is 19.6 Å². The summed E-state index contributed by atoms with van der Waals surface area (Å²) in [6.07, 6.45) is 0. The van der Waals surface area contributed by atoms with Crippen LogP contribution in [0.3, 0.4) is 0 Å². The molecule has 0 aliphatic carbocycles. The standard InChI is InChI=1S/C18H13FN4O2/c19-13-7-4-8-15(9-13)25-11-14-10-16(24)23-18(20-14)21-17(22-23)12-5-2-1-3-6-12/h1-10H,11H2,(H,20,21,22). The fourth-order valence-corrected chi connectivity index (χ4v) is 2.44. The maximum absolute atomic E-state index is 13.2. The highest BCUT2D eigenvalue weighted by atomic mass is 19.1. The number of rotatable bonds is 4. The van der Waals surface area contributed by atoms with Gasteiger partial charge in [-0.2, -0.15) is 9.50 Å². The van der Waals surface area contributed by atoms with Crippen LogP contribution in [0.1, 0.15) is 5.69 Å². The van der Waals surface area contributed by atoms with Crippen molar-refractivity contribution < 1.29 is 9.13 Å². The van der Waals surface area contributed by atoms with Gasteiger partial charge in [-0.15, -0.1) is 0 Å². The van der Waals surface area contributed by atoms with Crippen LogP contribution in [0.2, 0.25) is 0 Å². The van der Waals surface area contributed by atoms with Crippen molar-refractivity contribution in [3.63, 3.8) is 0 Å². The van der Waals surface area contributed by atoms with Gasteiger partial charge in [0.25, 0.3) is 11.3 Å². The minimum absolute atomic E-state index is 0.0444. The maximum Gasteiger partial charge on any atom is 0.274 e. The van der Waals surface area contributed by atoms with Crippen molar-refractivity contribution >= 4 is 5.78 Å². The highest BCUT2D eigenvalue weighted by Gasteiger charge is 2.10. The topological polar surface area (TPSA) is 72.3 Å². The Morgan fingerprint density at radius 3 is 2.68 bits per heavy atom. The first-order valence-electron chi connectivity index (χ1n) is 7.61. The van der Waals surface area contributed by atoms with Gasteiger partial charge < -0.3 is 4.74 Å². The summed E-state index contributed by atoms with van der Waals surface area (Å²) in [5, 5.41) is 2.93. The molecule has 0 aliphatic heterocycles. The van der Waals surface area contributed by atoms with Crippen LogP contribution in [0.4, 0.5) is 4.39 Å². The summed E-state index contributed by atoms with van der Waals surface area (Å²) in [6.45, 7) is 0.0444. The Hall–Kier alpha value is -3.48. The molecule has 0 atom stereocenters. The lowest BCUT2D eigenvalue weighted by molar-refractivity contribution is 0.299.